The summed E-state index contributed by atoms with van der Waals surface area (Å²) in [5.41, 5.74) is 0.392. The van der Waals surface area contributed by atoms with Crippen LogP contribution in [0.4, 0.5) is 0 Å². The maximum absolute atomic E-state index is 3.51. The third-order valence-corrected chi connectivity index (χ3v) is 3.52. The SMILES string of the molecule is CCCCCCC(C)(CCCCC)NC. The quantitative estimate of drug-likeness (QED) is 0.526. The highest BCUT2D eigenvalue weighted by molar-refractivity contribution is 4.81. The van der Waals surface area contributed by atoms with Gasteiger partial charge in [0.2, 0.25) is 0 Å². The first kappa shape index (κ1) is 15.0. The minimum Gasteiger partial charge on any atom is -0.315 e. The topological polar surface area (TPSA) is 12.0 Å². The summed E-state index contributed by atoms with van der Waals surface area (Å²) in [5.74, 6) is 0. The molecule has 0 amide bonds. The summed E-state index contributed by atoms with van der Waals surface area (Å²) >= 11 is 0. The van der Waals surface area contributed by atoms with Gasteiger partial charge in [0.25, 0.3) is 0 Å². The zero-order valence-electron chi connectivity index (χ0n) is 11.4. The standard InChI is InChI=1S/C14H31N/c1-5-7-9-11-13-14(3,15-4)12-10-8-6-2/h15H,5-13H2,1-4H3. The lowest BCUT2D eigenvalue weighted by atomic mass is 9.88. The van der Waals surface area contributed by atoms with Crippen LogP contribution in [0.15, 0.2) is 0 Å². The minimum atomic E-state index is 0.392. The second-order valence-corrected chi connectivity index (χ2v) is 5.08. The number of hydrogen-bond acceptors (Lipinski definition) is 1. The molecule has 0 aliphatic heterocycles. The van der Waals surface area contributed by atoms with E-state index in [2.05, 4.69) is 33.1 Å². The van der Waals surface area contributed by atoms with E-state index in [0.29, 0.717) is 5.54 Å². The summed E-state index contributed by atoms with van der Waals surface area (Å²) < 4.78 is 0. The first-order valence-electron chi connectivity index (χ1n) is 6.87. The number of rotatable bonds is 10. The van der Waals surface area contributed by atoms with Crippen molar-refractivity contribution in [2.24, 2.45) is 0 Å². The lowest BCUT2D eigenvalue weighted by Crippen LogP contribution is -2.39. The molecule has 0 spiro atoms. The molecule has 1 unspecified atom stereocenters. The minimum absolute atomic E-state index is 0.392. The summed E-state index contributed by atoms with van der Waals surface area (Å²) in [4.78, 5) is 0. The lowest BCUT2D eigenvalue weighted by molar-refractivity contribution is 0.308. The number of unbranched alkanes of at least 4 members (excludes halogenated alkanes) is 5. The Morgan fingerprint density at radius 3 is 1.73 bits per heavy atom. The first-order valence-corrected chi connectivity index (χ1v) is 6.87. The lowest BCUT2D eigenvalue weighted by Gasteiger charge is -2.29. The van der Waals surface area contributed by atoms with Crippen LogP contribution in [-0.4, -0.2) is 12.6 Å². The Morgan fingerprint density at radius 2 is 1.27 bits per heavy atom. The van der Waals surface area contributed by atoms with E-state index in [0.717, 1.165) is 0 Å². The Labute approximate surface area is 97.0 Å². The normalized spacial score (nSPS) is 15.2. The fourth-order valence-electron chi connectivity index (χ4n) is 2.08. The van der Waals surface area contributed by atoms with Crippen molar-refractivity contribution < 1.29 is 0 Å². The molecule has 0 aromatic carbocycles. The zero-order chi connectivity index (χ0) is 11.6. The molecule has 1 atom stereocenters. The van der Waals surface area contributed by atoms with E-state index in [1.165, 1.54) is 57.8 Å². The fourth-order valence-corrected chi connectivity index (χ4v) is 2.08. The molecular formula is C14H31N. The van der Waals surface area contributed by atoms with Crippen LogP contribution in [0.25, 0.3) is 0 Å². The van der Waals surface area contributed by atoms with E-state index >= 15 is 0 Å². The van der Waals surface area contributed by atoms with Gasteiger partial charge in [-0.2, -0.15) is 0 Å². The van der Waals surface area contributed by atoms with E-state index in [-0.39, 0.29) is 0 Å². The van der Waals surface area contributed by atoms with Crippen LogP contribution in [0.5, 0.6) is 0 Å². The third kappa shape index (κ3) is 7.84. The van der Waals surface area contributed by atoms with Crippen LogP contribution < -0.4 is 5.32 Å². The molecule has 0 bridgehead atoms. The Kier molecular flexibility index (Phi) is 9.18. The van der Waals surface area contributed by atoms with Crippen LogP contribution in [0.1, 0.15) is 78.6 Å². The van der Waals surface area contributed by atoms with E-state index in [9.17, 15) is 0 Å². The van der Waals surface area contributed by atoms with Crippen molar-refractivity contribution in [2.45, 2.75) is 84.1 Å². The largest absolute Gasteiger partial charge is 0.315 e. The monoisotopic (exact) mass is 213 g/mol. The van der Waals surface area contributed by atoms with Crippen molar-refractivity contribution in [3.63, 3.8) is 0 Å². The molecule has 0 aromatic rings. The second kappa shape index (κ2) is 9.21. The maximum atomic E-state index is 3.51. The van der Waals surface area contributed by atoms with E-state index in [4.69, 9.17) is 0 Å². The number of hydrogen-bond donors (Lipinski definition) is 1. The zero-order valence-corrected chi connectivity index (χ0v) is 11.4. The molecule has 0 aliphatic carbocycles. The Bertz CT molecular complexity index is 133. The van der Waals surface area contributed by atoms with Gasteiger partial charge in [-0.1, -0.05) is 58.8 Å². The predicted molar refractivity (Wildman–Crippen MR) is 70.4 cm³/mol. The molecule has 1 nitrogen and oxygen atoms in total. The molecule has 0 rings (SSSR count). The van der Waals surface area contributed by atoms with Crippen LogP contribution in [0, 0.1) is 0 Å². The fraction of sp³-hybridized carbons (Fsp3) is 1.00. The van der Waals surface area contributed by atoms with Gasteiger partial charge in [0.05, 0.1) is 0 Å². The van der Waals surface area contributed by atoms with Crippen LogP contribution in [-0.2, 0) is 0 Å². The first-order chi connectivity index (χ1) is 7.18. The Hall–Kier alpha value is -0.0400. The van der Waals surface area contributed by atoms with Crippen molar-refractivity contribution in [2.75, 3.05) is 7.05 Å². The van der Waals surface area contributed by atoms with Crippen molar-refractivity contribution in [3.05, 3.63) is 0 Å². The summed E-state index contributed by atoms with van der Waals surface area (Å²) in [7, 11) is 2.12. The van der Waals surface area contributed by atoms with Gasteiger partial charge in [-0.15, -0.1) is 0 Å². The Balaban J connectivity index is 3.65. The van der Waals surface area contributed by atoms with Crippen molar-refractivity contribution >= 4 is 0 Å². The third-order valence-electron chi connectivity index (χ3n) is 3.52. The van der Waals surface area contributed by atoms with Crippen LogP contribution in [0.3, 0.4) is 0 Å². The summed E-state index contributed by atoms with van der Waals surface area (Å²) in [6.45, 7) is 6.94. The summed E-state index contributed by atoms with van der Waals surface area (Å²) in [6, 6.07) is 0. The molecule has 1 N–H and O–H groups in total. The average Bonchev–Trinajstić information content (AvgIpc) is 2.25. The highest BCUT2D eigenvalue weighted by Crippen LogP contribution is 2.21. The van der Waals surface area contributed by atoms with E-state index < -0.39 is 0 Å². The van der Waals surface area contributed by atoms with Gasteiger partial charge in [0.1, 0.15) is 0 Å². The molecule has 0 saturated heterocycles. The van der Waals surface area contributed by atoms with Crippen LogP contribution in [0.2, 0.25) is 0 Å². The molecule has 0 heterocycles. The number of nitrogens with one attached hydrogen (secondary N) is 1. The molecule has 0 aromatic heterocycles. The van der Waals surface area contributed by atoms with Gasteiger partial charge >= 0.3 is 0 Å². The van der Waals surface area contributed by atoms with Gasteiger partial charge in [-0.25, -0.2) is 0 Å². The van der Waals surface area contributed by atoms with Crippen molar-refractivity contribution in [3.8, 4) is 0 Å². The summed E-state index contributed by atoms with van der Waals surface area (Å²) in [6.07, 6.45) is 12.3. The average molecular weight is 213 g/mol. The predicted octanol–water partition coefficient (Wildman–Crippen LogP) is 4.52. The van der Waals surface area contributed by atoms with Gasteiger partial charge in [0, 0.05) is 5.54 Å². The van der Waals surface area contributed by atoms with Gasteiger partial charge < -0.3 is 5.32 Å². The Morgan fingerprint density at radius 1 is 0.800 bits per heavy atom. The molecular weight excluding hydrogens is 182 g/mol. The van der Waals surface area contributed by atoms with Crippen LogP contribution >= 0.6 is 0 Å². The molecule has 0 radical (unpaired) electrons. The van der Waals surface area contributed by atoms with Crippen molar-refractivity contribution in [1.82, 2.24) is 5.32 Å². The van der Waals surface area contributed by atoms with Gasteiger partial charge in [-0.3, -0.25) is 0 Å². The maximum Gasteiger partial charge on any atom is 0.0150 e. The van der Waals surface area contributed by atoms with Gasteiger partial charge in [0.15, 0.2) is 0 Å². The highest BCUT2D eigenvalue weighted by Gasteiger charge is 2.20. The summed E-state index contributed by atoms with van der Waals surface area (Å²) in [5, 5.41) is 3.51. The van der Waals surface area contributed by atoms with Gasteiger partial charge in [-0.05, 0) is 26.8 Å². The van der Waals surface area contributed by atoms with Crippen molar-refractivity contribution in [1.29, 1.82) is 0 Å². The van der Waals surface area contributed by atoms with E-state index in [1.807, 2.05) is 0 Å². The second-order valence-electron chi connectivity index (χ2n) is 5.08. The smallest absolute Gasteiger partial charge is 0.0150 e. The molecule has 15 heavy (non-hydrogen) atoms. The molecule has 0 fully saturated rings. The van der Waals surface area contributed by atoms with E-state index in [1.54, 1.807) is 0 Å². The molecule has 1 heteroatoms. The molecule has 92 valence electrons. The highest BCUT2D eigenvalue weighted by atomic mass is 14.9. The molecule has 0 aliphatic rings. The molecule has 0 saturated carbocycles.